The fourth-order valence-electron chi connectivity index (χ4n) is 1.38. The highest BCUT2D eigenvalue weighted by atomic mass is 35.5. The molecule has 0 saturated heterocycles. The van der Waals surface area contributed by atoms with Gasteiger partial charge in [-0.25, -0.2) is 9.07 Å². The fraction of sp³-hybridized carbons (Fsp3) is 0.0833. The van der Waals surface area contributed by atoms with Crippen molar-refractivity contribution in [3.05, 3.63) is 51.2 Å². The van der Waals surface area contributed by atoms with E-state index >= 15 is 0 Å². The summed E-state index contributed by atoms with van der Waals surface area (Å²) >= 11 is 5.81. The predicted octanol–water partition coefficient (Wildman–Crippen LogP) is 2.24. The fourth-order valence-corrected chi connectivity index (χ4v) is 1.59. The maximum atomic E-state index is 13.4. The number of aryl methyl sites for hydroxylation is 1. The van der Waals surface area contributed by atoms with E-state index in [1.54, 1.807) is 6.07 Å². The number of hydrogen-bond acceptors (Lipinski definition) is 4. The van der Waals surface area contributed by atoms with Crippen LogP contribution in [0.3, 0.4) is 0 Å². The molecule has 0 radical (unpaired) electrons. The topological polar surface area (TPSA) is 67.9 Å². The van der Waals surface area contributed by atoms with E-state index in [1.165, 1.54) is 25.4 Å². The van der Waals surface area contributed by atoms with Crippen molar-refractivity contribution in [1.29, 1.82) is 5.26 Å². The second-order valence-corrected chi connectivity index (χ2v) is 3.96. The largest absolute Gasteiger partial charge is 0.452 e. The zero-order chi connectivity index (χ0) is 14.0. The lowest BCUT2D eigenvalue weighted by molar-refractivity contribution is 0.465. The first-order valence-corrected chi connectivity index (χ1v) is 5.50. The predicted molar refractivity (Wildman–Crippen MR) is 65.7 cm³/mol. The van der Waals surface area contributed by atoms with E-state index in [0.717, 1.165) is 10.7 Å². The quantitative estimate of drug-likeness (QED) is 0.845. The first-order valence-electron chi connectivity index (χ1n) is 5.13. The van der Waals surface area contributed by atoms with Crippen LogP contribution in [-0.4, -0.2) is 9.78 Å². The van der Waals surface area contributed by atoms with Gasteiger partial charge in [0.1, 0.15) is 23.2 Å². The second-order valence-electron chi connectivity index (χ2n) is 3.58. The van der Waals surface area contributed by atoms with Gasteiger partial charge >= 0.3 is 0 Å². The molecule has 1 heterocycles. The van der Waals surface area contributed by atoms with E-state index in [9.17, 15) is 9.18 Å². The molecule has 0 N–H and O–H groups in total. The molecule has 0 unspecified atom stereocenters. The Morgan fingerprint density at radius 2 is 2.21 bits per heavy atom. The Bertz CT molecular complexity index is 737. The molecule has 2 aromatic rings. The highest BCUT2D eigenvalue weighted by Crippen LogP contribution is 2.29. The van der Waals surface area contributed by atoms with E-state index in [0.29, 0.717) is 0 Å². The molecule has 0 bridgehead atoms. The van der Waals surface area contributed by atoms with Crippen molar-refractivity contribution in [2.45, 2.75) is 0 Å². The minimum Gasteiger partial charge on any atom is -0.452 e. The molecule has 0 aliphatic carbocycles. The second kappa shape index (κ2) is 5.08. The third kappa shape index (κ3) is 2.41. The molecule has 0 aliphatic rings. The van der Waals surface area contributed by atoms with Crippen molar-refractivity contribution in [2.75, 3.05) is 0 Å². The number of benzene rings is 1. The van der Waals surface area contributed by atoms with Crippen molar-refractivity contribution < 1.29 is 9.13 Å². The Morgan fingerprint density at radius 1 is 1.47 bits per heavy atom. The molecule has 7 heteroatoms. The Hall–Kier alpha value is -2.39. The first-order chi connectivity index (χ1) is 9.04. The Kier molecular flexibility index (Phi) is 3.49. The van der Waals surface area contributed by atoms with Gasteiger partial charge in [0.05, 0.1) is 6.20 Å². The molecule has 0 atom stereocenters. The van der Waals surface area contributed by atoms with E-state index in [1.807, 2.05) is 0 Å². The van der Waals surface area contributed by atoms with Gasteiger partial charge in [0.15, 0.2) is 10.8 Å². The lowest BCUT2D eigenvalue weighted by Crippen LogP contribution is -2.19. The number of ether oxygens (including phenoxy) is 1. The van der Waals surface area contributed by atoms with Gasteiger partial charge in [-0.1, -0.05) is 17.7 Å². The SMILES string of the molecule is Cn1ncc(Oc2cccc(F)c2C#N)c(Cl)c1=O. The summed E-state index contributed by atoms with van der Waals surface area (Å²) in [5.41, 5.74) is -0.812. The van der Waals surface area contributed by atoms with Crippen LogP contribution in [0.2, 0.25) is 5.02 Å². The summed E-state index contributed by atoms with van der Waals surface area (Å²) in [7, 11) is 1.43. The molecular weight excluding hydrogens is 273 g/mol. The molecule has 0 saturated carbocycles. The van der Waals surface area contributed by atoms with Crippen molar-refractivity contribution in [2.24, 2.45) is 7.05 Å². The number of aromatic nitrogens is 2. The van der Waals surface area contributed by atoms with E-state index in [-0.39, 0.29) is 22.1 Å². The molecule has 1 aromatic carbocycles. The van der Waals surface area contributed by atoms with Gasteiger partial charge in [0, 0.05) is 7.05 Å². The zero-order valence-electron chi connectivity index (χ0n) is 9.72. The van der Waals surface area contributed by atoms with E-state index in [2.05, 4.69) is 5.10 Å². The van der Waals surface area contributed by atoms with Crippen molar-refractivity contribution in [3.8, 4) is 17.6 Å². The van der Waals surface area contributed by atoms with Gasteiger partial charge in [0.2, 0.25) is 0 Å². The van der Waals surface area contributed by atoms with Crippen molar-refractivity contribution in [3.63, 3.8) is 0 Å². The summed E-state index contributed by atoms with van der Waals surface area (Å²) in [5, 5.41) is 12.4. The summed E-state index contributed by atoms with van der Waals surface area (Å²) in [4.78, 5) is 11.6. The van der Waals surface area contributed by atoms with Crippen LogP contribution in [0, 0.1) is 17.1 Å². The maximum Gasteiger partial charge on any atom is 0.289 e. The molecule has 19 heavy (non-hydrogen) atoms. The average Bonchev–Trinajstić information content (AvgIpc) is 2.40. The monoisotopic (exact) mass is 279 g/mol. The summed E-state index contributed by atoms with van der Waals surface area (Å²) < 4.78 is 19.7. The highest BCUT2D eigenvalue weighted by molar-refractivity contribution is 6.31. The maximum absolute atomic E-state index is 13.4. The van der Waals surface area contributed by atoms with Crippen LogP contribution >= 0.6 is 11.6 Å². The standard InChI is InChI=1S/C12H7ClFN3O2/c1-17-12(18)11(13)10(6-16-17)19-9-4-2-3-8(14)7(9)5-15/h2-4,6H,1H3. The van der Waals surface area contributed by atoms with Crippen LogP contribution < -0.4 is 10.3 Å². The third-order valence-corrected chi connectivity index (χ3v) is 2.70. The number of nitrogens with zero attached hydrogens (tertiary/aromatic N) is 3. The number of hydrogen-bond donors (Lipinski definition) is 0. The third-order valence-electron chi connectivity index (χ3n) is 2.35. The van der Waals surface area contributed by atoms with Crippen molar-refractivity contribution in [1.82, 2.24) is 9.78 Å². The van der Waals surface area contributed by atoms with Gasteiger partial charge in [-0.05, 0) is 12.1 Å². The van der Waals surface area contributed by atoms with Crippen LogP contribution in [0.4, 0.5) is 4.39 Å². The molecule has 0 amide bonds. The molecular formula is C12H7ClFN3O2. The molecule has 1 aromatic heterocycles. The first kappa shape index (κ1) is 13.1. The molecule has 0 fully saturated rings. The van der Waals surface area contributed by atoms with Gasteiger partial charge in [0.25, 0.3) is 5.56 Å². The Balaban J connectivity index is 2.49. The number of halogens is 2. The minimum atomic E-state index is -0.715. The molecule has 0 spiro atoms. The van der Waals surface area contributed by atoms with Gasteiger partial charge in [-0.3, -0.25) is 4.79 Å². The van der Waals surface area contributed by atoms with Crippen molar-refractivity contribution >= 4 is 11.6 Å². The zero-order valence-corrected chi connectivity index (χ0v) is 10.5. The van der Waals surface area contributed by atoms with Crippen LogP contribution in [0.15, 0.2) is 29.2 Å². The Morgan fingerprint density at radius 3 is 2.89 bits per heavy atom. The average molecular weight is 280 g/mol. The minimum absolute atomic E-state index is 0.0283. The summed E-state index contributed by atoms with van der Waals surface area (Å²) in [6.07, 6.45) is 1.22. The Labute approximate surface area is 112 Å². The van der Waals surface area contributed by atoms with Crippen LogP contribution in [0.25, 0.3) is 0 Å². The molecule has 2 rings (SSSR count). The van der Waals surface area contributed by atoms with Crippen LogP contribution in [0.1, 0.15) is 5.56 Å². The van der Waals surface area contributed by atoms with E-state index in [4.69, 9.17) is 21.6 Å². The van der Waals surface area contributed by atoms with Gasteiger partial charge in [-0.15, -0.1) is 0 Å². The molecule has 0 aliphatic heterocycles. The van der Waals surface area contributed by atoms with E-state index < -0.39 is 11.4 Å². The molecule has 96 valence electrons. The summed E-state index contributed by atoms with van der Waals surface area (Å²) in [6, 6.07) is 5.60. The normalized spacial score (nSPS) is 10.0. The van der Waals surface area contributed by atoms with Gasteiger partial charge < -0.3 is 4.74 Å². The highest BCUT2D eigenvalue weighted by Gasteiger charge is 2.14. The van der Waals surface area contributed by atoms with Crippen LogP contribution in [0.5, 0.6) is 11.5 Å². The summed E-state index contributed by atoms with van der Waals surface area (Å²) in [5.74, 6) is -0.778. The number of nitriles is 1. The summed E-state index contributed by atoms with van der Waals surface area (Å²) in [6.45, 7) is 0. The van der Waals surface area contributed by atoms with Gasteiger partial charge in [-0.2, -0.15) is 10.4 Å². The smallest absolute Gasteiger partial charge is 0.289 e. The lowest BCUT2D eigenvalue weighted by atomic mass is 10.2. The van der Waals surface area contributed by atoms with Crippen LogP contribution in [-0.2, 0) is 7.05 Å². The number of rotatable bonds is 2. The molecule has 5 nitrogen and oxygen atoms in total. The lowest BCUT2D eigenvalue weighted by Gasteiger charge is -2.09.